The summed E-state index contributed by atoms with van der Waals surface area (Å²) in [6.07, 6.45) is 8.18. The average Bonchev–Trinajstić information content (AvgIpc) is 2.36. The van der Waals surface area contributed by atoms with Crippen LogP contribution < -0.4 is 0 Å². The summed E-state index contributed by atoms with van der Waals surface area (Å²) >= 11 is 0. The highest BCUT2D eigenvalue weighted by Gasteiger charge is 2.18. The molecule has 0 fully saturated rings. The summed E-state index contributed by atoms with van der Waals surface area (Å²) in [6, 6.07) is 8.84. The van der Waals surface area contributed by atoms with Gasteiger partial charge in [-0.1, -0.05) is 57.2 Å². The molecule has 1 aromatic rings. The Balaban J connectivity index is 2.47. The number of unbranched alkanes of at least 4 members (excludes halogenated alkanes) is 1. The molecule has 0 atom stereocenters. The van der Waals surface area contributed by atoms with Crippen LogP contribution in [0.15, 0.2) is 30.3 Å². The third kappa shape index (κ3) is 7.26. The molecule has 1 rings (SSSR count). The van der Waals surface area contributed by atoms with Gasteiger partial charge >= 0.3 is 0 Å². The Bertz CT molecular complexity index is 475. The van der Waals surface area contributed by atoms with Gasteiger partial charge in [-0.3, -0.25) is 0 Å². The van der Waals surface area contributed by atoms with E-state index < -0.39 is 0 Å². The molecule has 0 aliphatic heterocycles. The van der Waals surface area contributed by atoms with Crippen LogP contribution in [0.25, 0.3) is 6.08 Å². The third-order valence-electron chi connectivity index (χ3n) is 3.77. The van der Waals surface area contributed by atoms with E-state index in [2.05, 4.69) is 84.9 Å². The van der Waals surface area contributed by atoms with Crippen molar-refractivity contribution in [1.82, 2.24) is 0 Å². The van der Waals surface area contributed by atoms with Gasteiger partial charge in [0.15, 0.2) is 0 Å². The number of hydrogen-bond acceptors (Lipinski definition) is 1. The highest BCUT2D eigenvalue weighted by atomic mass is 16.5. The van der Waals surface area contributed by atoms with Crippen molar-refractivity contribution in [1.29, 1.82) is 0 Å². The number of ether oxygens (including phenoxy) is 1. The van der Waals surface area contributed by atoms with Gasteiger partial charge in [0.1, 0.15) is 0 Å². The van der Waals surface area contributed by atoms with Gasteiger partial charge in [0, 0.05) is 0 Å². The minimum atomic E-state index is -0.0197. The van der Waals surface area contributed by atoms with Crippen LogP contribution in [-0.4, -0.2) is 11.7 Å². The zero-order chi connectivity index (χ0) is 16.8. The van der Waals surface area contributed by atoms with Gasteiger partial charge in [-0.15, -0.1) is 0 Å². The first-order chi connectivity index (χ1) is 10.1. The highest BCUT2D eigenvalue weighted by Crippen LogP contribution is 2.24. The summed E-state index contributed by atoms with van der Waals surface area (Å²) < 4.78 is 5.93. The van der Waals surface area contributed by atoms with Crippen LogP contribution in [0, 0.1) is 0 Å². The predicted octanol–water partition coefficient (Wildman–Crippen LogP) is 6.37. The highest BCUT2D eigenvalue weighted by molar-refractivity contribution is 5.51. The molecule has 0 aliphatic carbocycles. The van der Waals surface area contributed by atoms with Crippen LogP contribution in [0.5, 0.6) is 0 Å². The molecule has 1 aromatic carbocycles. The fourth-order valence-electron chi connectivity index (χ4n) is 2.67. The smallest absolute Gasteiger partial charge is 0.0630 e. The van der Waals surface area contributed by atoms with Gasteiger partial charge in [-0.25, -0.2) is 0 Å². The first-order valence-electron chi connectivity index (χ1n) is 8.55. The van der Waals surface area contributed by atoms with Crippen LogP contribution in [-0.2, 0) is 10.2 Å². The van der Waals surface area contributed by atoms with E-state index in [9.17, 15) is 0 Å². The van der Waals surface area contributed by atoms with E-state index in [1.165, 1.54) is 11.1 Å². The zero-order valence-electron chi connectivity index (χ0n) is 15.6. The van der Waals surface area contributed by atoms with E-state index >= 15 is 0 Å². The molecule has 0 aliphatic rings. The molecule has 0 unspecified atom stereocenters. The maximum atomic E-state index is 5.93. The van der Waals surface area contributed by atoms with Crippen molar-refractivity contribution in [3.8, 4) is 0 Å². The molecule has 0 radical (unpaired) electrons. The normalized spacial score (nSPS) is 13.3. The van der Waals surface area contributed by atoms with Gasteiger partial charge in [0.25, 0.3) is 0 Å². The third-order valence-corrected chi connectivity index (χ3v) is 3.77. The summed E-state index contributed by atoms with van der Waals surface area (Å²) in [7, 11) is 0. The zero-order valence-corrected chi connectivity index (χ0v) is 15.6. The second-order valence-corrected chi connectivity index (χ2v) is 8.10. The van der Waals surface area contributed by atoms with Crippen molar-refractivity contribution < 1.29 is 4.74 Å². The van der Waals surface area contributed by atoms with Crippen LogP contribution >= 0.6 is 0 Å². The van der Waals surface area contributed by atoms with E-state index in [0.29, 0.717) is 6.10 Å². The first kappa shape index (κ1) is 19.0. The molecular formula is C21H34O. The number of hydrogen-bond donors (Lipinski definition) is 0. The number of benzene rings is 1. The monoisotopic (exact) mass is 302 g/mol. The average molecular weight is 303 g/mol. The molecule has 0 saturated heterocycles. The molecule has 0 amide bonds. The molecule has 0 spiro atoms. The lowest BCUT2D eigenvalue weighted by Crippen LogP contribution is -2.27. The van der Waals surface area contributed by atoms with Gasteiger partial charge in [-0.2, -0.15) is 0 Å². The molecule has 0 saturated carbocycles. The van der Waals surface area contributed by atoms with Crippen molar-refractivity contribution in [2.75, 3.05) is 0 Å². The van der Waals surface area contributed by atoms with Crippen molar-refractivity contribution in [3.63, 3.8) is 0 Å². The molecule has 0 aromatic heterocycles. The van der Waals surface area contributed by atoms with E-state index in [0.717, 1.165) is 19.3 Å². The number of allylic oxidation sites excluding steroid dienone is 1. The van der Waals surface area contributed by atoms with Gasteiger partial charge in [-0.05, 0) is 63.5 Å². The maximum absolute atomic E-state index is 5.93. The molecule has 1 heteroatoms. The Morgan fingerprint density at radius 2 is 1.77 bits per heavy atom. The van der Waals surface area contributed by atoms with Crippen LogP contribution in [0.1, 0.15) is 78.9 Å². The molecule has 0 N–H and O–H groups in total. The van der Waals surface area contributed by atoms with Crippen LogP contribution in [0.3, 0.4) is 0 Å². The minimum absolute atomic E-state index is 0.0197. The van der Waals surface area contributed by atoms with Gasteiger partial charge < -0.3 is 4.74 Å². The maximum Gasteiger partial charge on any atom is 0.0630 e. The Labute approximate surface area is 137 Å². The fourth-order valence-corrected chi connectivity index (χ4v) is 2.67. The fraction of sp³-hybridized carbons (Fsp3) is 0.619. The lowest BCUT2D eigenvalue weighted by atomic mass is 9.86. The lowest BCUT2D eigenvalue weighted by Gasteiger charge is -2.27. The van der Waals surface area contributed by atoms with Crippen LogP contribution in [0.4, 0.5) is 0 Å². The Hall–Kier alpha value is -1.08. The van der Waals surface area contributed by atoms with Gasteiger partial charge in [0.05, 0.1) is 11.7 Å². The standard InChI is InChI=1S/C21H34O/c1-17(2)22-21(6,7)15-10-8-9-12-18-13-11-14-19(16-18)20(3,4)5/h9,11-14,16-17H,8,10,15H2,1-7H3/b12-9+. The molecule has 1 nitrogen and oxygen atoms in total. The molecular weight excluding hydrogens is 268 g/mol. The van der Waals surface area contributed by atoms with E-state index in [4.69, 9.17) is 4.74 Å². The van der Waals surface area contributed by atoms with Gasteiger partial charge in [0.2, 0.25) is 0 Å². The summed E-state index contributed by atoms with van der Waals surface area (Å²) in [4.78, 5) is 0. The Morgan fingerprint density at radius 1 is 1.09 bits per heavy atom. The molecule has 0 heterocycles. The largest absolute Gasteiger partial charge is 0.373 e. The first-order valence-corrected chi connectivity index (χ1v) is 8.55. The van der Waals surface area contributed by atoms with Crippen molar-refractivity contribution >= 4 is 6.08 Å². The lowest BCUT2D eigenvalue weighted by molar-refractivity contribution is -0.0610. The Kier molecular flexibility index (Phi) is 6.87. The van der Waals surface area contributed by atoms with Crippen molar-refractivity contribution in [2.45, 2.75) is 84.8 Å². The van der Waals surface area contributed by atoms with E-state index in [1.54, 1.807) is 0 Å². The quantitative estimate of drug-likeness (QED) is 0.532. The summed E-state index contributed by atoms with van der Waals surface area (Å²) in [6.45, 7) is 15.3. The summed E-state index contributed by atoms with van der Waals surface area (Å²) in [5.41, 5.74) is 2.88. The predicted molar refractivity (Wildman–Crippen MR) is 98.3 cm³/mol. The van der Waals surface area contributed by atoms with E-state index in [1.807, 2.05) is 0 Å². The number of rotatable bonds is 7. The Morgan fingerprint density at radius 3 is 2.36 bits per heavy atom. The van der Waals surface area contributed by atoms with E-state index in [-0.39, 0.29) is 11.0 Å². The second kappa shape index (κ2) is 7.97. The molecule has 124 valence electrons. The SMILES string of the molecule is CC(C)OC(C)(C)CCC/C=C/c1cccc(C(C)(C)C)c1. The van der Waals surface area contributed by atoms with Crippen molar-refractivity contribution in [2.24, 2.45) is 0 Å². The van der Waals surface area contributed by atoms with Crippen LogP contribution in [0.2, 0.25) is 0 Å². The second-order valence-electron chi connectivity index (χ2n) is 8.10. The van der Waals surface area contributed by atoms with Crippen molar-refractivity contribution in [3.05, 3.63) is 41.5 Å². The minimum Gasteiger partial charge on any atom is -0.373 e. The summed E-state index contributed by atoms with van der Waals surface area (Å²) in [5, 5.41) is 0. The topological polar surface area (TPSA) is 9.23 Å². The summed E-state index contributed by atoms with van der Waals surface area (Å²) in [5.74, 6) is 0. The molecule has 0 bridgehead atoms. The molecule has 22 heavy (non-hydrogen) atoms.